The summed E-state index contributed by atoms with van der Waals surface area (Å²) in [5.74, 6) is -2.22. The summed E-state index contributed by atoms with van der Waals surface area (Å²) in [4.78, 5) is 23.9. The molecule has 0 aliphatic carbocycles. The molecule has 0 saturated carbocycles. The van der Waals surface area contributed by atoms with Crippen LogP contribution in [0.25, 0.3) is 0 Å². The summed E-state index contributed by atoms with van der Waals surface area (Å²) in [5.41, 5.74) is -1.63. The molecule has 0 fully saturated rings. The fourth-order valence-electron chi connectivity index (χ4n) is 1.86. The van der Waals surface area contributed by atoms with Crippen LogP contribution in [0.2, 0.25) is 0 Å². The van der Waals surface area contributed by atoms with Gasteiger partial charge < -0.3 is 10.0 Å². The molecule has 1 amide bonds. The van der Waals surface area contributed by atoms with Gasteiger partial charge in [0.05, 0.1) is 11.1 Å². The standard InChI is InChI=1S/C13H14F3NO3/c1-3-10(12(19)20)17(2)11(18)8-6-4-5-7-9(8)13(14,15)16/h4-7,10H,3H2,1-2H3,(H,19,20). The Hall–Kier alpha value is -2.05. The topological polar surface area (TPSA) is 57.6 Å². The predicted octanol–water partition coefficient (Wildman–Crippen LogP) is 2.64. The van der Waals surface area contributed by atoms with Crippen molar-refractivity contribution in [2.45, 2.75) is 25.6 Å². The van der Waals surface area contributed by atoms with Gasteiger partial charge in [-0.25, -0.2) is 4.79 Å². The molecule has 1 rings (SSSR count). The van der Waals surface area contributed by atoms with Crippen molar-refractivity contribution in [3.8, 4) is 0 Å². The number of carboxylic acid groups (broad SMARTS) is 1. The molecular formula is C13H14F3NO3. The molecule has 0 aliphatic rings. The molecule has 0 spiro atoms. The van der Waals surface area contributed by atoms with Gasteiger partial charge in [0.15, 0.2) is 0 Å². The number of carbonyl (C=O) groups excluding carboxylic acids is 1. The lowest BCUT2D eigenvalue weighted by molar-refractivity contribution is -0.142. The van der Waals surface area contributed by atoms with Gasteiger partial charge in [0.25, 0.3) is 5.91 Å². The largest absolute Gasteiger partial charge is 0.480 e. The van der Waals surface area contributed by atoms with Crippen LogP contribution in [0.4, 0.5) is 13.2 Å². The van der Waals surface area contributed by atoms with Gasteiger partial charge in [-0.2, -0.15) is 13.2 Å². The SMILES string of the molecule is CCC(C(=O)O)N(C)C(=O)c1ccccc1C(F)(F)F. The molecule has 7 heteroatoms. The smallest absolute Gasteiger partial charge is 0.417 e. The van der Waals surface area contributed by atoms with E-state index < -0.39 is 35.2 Å². The Morgan fingerprint density at radius 2 is 1.85 bits per heavy atom. The monoisotopic (exact) mass is 289 g/mol. The summed E-state index contributed by atoms with van der Waals surface area (Å²) in [6, 6.07) is 3.15. The van der Waals surface area contributed by atoms with Crippen LogP contribution >= 0.6 is 0 Å². The Bertz CT molecular complexity index is 514. The fourth-order valence-corrected chi connectivity index (χ4v) is 1.86. The predicted molar refractivity (Wildman–Crippen MR) is 65.3 cm³/mol. The zero-order valence-electron chi connectivity index (χ0n) is 10.9. The van der Waals surface area contributed by atoms with Crippen molar-refractivity contribution in [2.75, 3.05) is 7.05 Å². The third-order valence-corrected chi connectivity index (χ3v) is 2.92. The molecular weight excluding hydrogens is 275 g/mol. The molecule has 0 aromatic heterocycles. The second-order valence-electron chi connectivity index (χ2n) is 4.22. The molecule has 1 N–H and O–H groups in total. The van der Waals surface area contributed by atoms with E-state index >= 15 is 0 Å². The fraction of sp³-hybridized carbons (Fsp3) is 0.385. The van der Waals surface area contributed by atoms with E-state index in [1.54, 1.807) is 0 Å². The highest BCUT2D eigenvalue weighted by Crippen LogP contribution is 2.32. The van der Waals surface area contributed by atoms with Crippen molar-refractivity contribution >= 4 is 11.9 Å². The summed E-state index contributed by atoms with van der Waals surface area (Å²) < 4.78 is 38.5. The number of amides is 1. The minimum Gasteiger partial charge on any atom is -0.480 e. The lowest BCUT2D eigenvalue weighted by atomic mass is 10.0. The number of carbonyl (C=O) groups is 2. The molecule has 110 valence electrons. The number of rotatable bonds is 4. The third-order valence-electron chi connectivity index (χ3n) is 2.92. The molecule has 1 aromatic rings. The molecule has 1 aromatic carbocycles. The number of nitrogens with zero attached hydrogens (tertiary/aromatic N) is 1. The van der Waals surface area contributed by atoms with Gasteiger partial charge in [0.1, 0.15) is 6.04 Å². The van der Waals surface area contributed by atoms with Crippen LogP contribution in [0.3, 0.4) is 0 Å². The Kier molecular flexibility index (Phi) is 4.75. The Morgan fingerprint density at radius 1 is 1.30 bits per heavy atom. The second-order valence-corrected chi connectivity index (χ2v) is 4.22. The molecule has 0 radical (unpaired) electrons. The van der Waals surface area contributed by atoms with E-state index in [2.05, 4.69) is 0 Å². The quantitative estimate of drug-likeness (QED) is 0.927. The first-order chi connectivity index (χ1) is 9.20. The number of hydrogen-bond acceptors (Lipinski definition) is 2. The van der Waals surface area contributed by atoms with Crippen molar-refractivity contribution in [3.05, 3.63) is 35.4 Å². The lowest BCUT2D eigenvalue weighted by Gasteiger charge is -2.25. The van der Waals surface area contributed by atoms with Gasteiger partial charge in [-0.3, -0.25) is 4.79 Å². The maximum absolute atomic E-state index is 12.8. The van der Waals surface area contributed by atoms with Gasteiger partial charge in [-0.1, -0.05) is 19.1 Å². The van der Waals surface area contributed by atoms with Crippen molar-refractivity contribution in [1.29, 1.82) is 0 Å². The first kappa shape index (κ1) is 16.0. The maximum Gasteiger partial charge on any atom is 0.417 e. The number of aliphatic carboxylic acids is 1. The van der Waals surface area contributed by atoms with E-state index in [1.165, 1.54) is 26.1 Å². The molecule has 1 unspecified atom stereocenters. The molecule has 0 bridgehead atoms. The van der Waals surface area contributed by atoms with Gasteiger partial charge in [-0.05, 0) is 18.6 Å². The summed E-state index contributed by atoms with van der Waals surface area (Å²) in [7, 11) is 1.18. The Labute approximate surface area is 113 Å². The highest BCUT2D eigenvalue weighted by atomic mass is 19.4. The Balaban J connectivity index is 3.19. The Morgan fingerprint density at radius 3 is 2.30 bits per heavy atom. The van der Waals surface area contributed by atoms with Crippen molar-refractivity contribution < 1.29 is 27.9 Å². The summed E-state index contributed by atoms with van der Waals surface area (Å²) in [6.07, 6.45) is -4.57. The van der Waals surface area contributed by atoms with Crippen LogP contribution in [-0.4, -0.2) is 35.0 Å². The van der Waals surface area contributed by atoms with Crippen LogP contribution in [0.15, 0.2) is 24.3 Å². The molecule has 20 heavy (non-hydrogen) atoms. The number of benzene rings is 1. The van der Waals surface area contributed by atoms with Gasteiger partial charge in [0, 0.05) is 7.05 Å². The van der Waals surface area contributed by atoms with E-state index in [1.807, 2.05) is 0 Å². The lowest BCUT2D eigenvalue weighted by Crippen LogP contribution is -2.42. The van der Waals surface area contributed by atoms with Gasteiger partial charge >= 0.3 is 12.1 Å². The first-order valence-corrected chi connectivity index (χ1v) is 5.86. The van der Waals surface area contributed by atoms with E-state index in [4.69, 9.17) is 5.11 Å². The minimum absolute atomic E-state index is 0.103. The first-order valence-electron chi connectivity index (χ1n) is 5.86. The van der Waals surface area contributed by atoms with Crippen LogP contribution in [0.1, 0.15) is 29.3 Å². The van der Waals surface area contributed by atoms with Crippen molar-refractivity contribution in [3.63, 3.8) is 0 Å². The van der Waals surface area contributed by atoms with Crippen LogP contribution in [0, 0.1) is 0 Å². The zero-order valence-corrected chi connectivity index (χ0v) is 10.9. The van der Waals surface area contributed by atoms with Gasteiger partial charge in [0.2, 0.25) is 0 Å². The van der Waals surface area contributed by atoms with Gasteiger partial charge in [-0.15, -0.1) is 0 Å². The van der Waals surface area contributed by atoms with Crippen LogP contribution < -0.4 is 0 Å². The van der Waals surface area contributed by atoms with E-state index in [-0.39, 0.29) is 6.42 Å². The van der Waals surface area contributed by atoms with E-state index in [0.29, 0.717) is 0 Å². The third kappa shape index (κ3) is 3.28. The number of likely N-dealkylation sites (N-methyl/N-ethyl adjacent to an activating group) is 1. The molecule has 0 aliphatic heterocycles. The summed E-state index contributed by atoms with van der Waals surface area (Å²) in [5, 5.41) is 8.95. The zero-order chi connectivity index (χ0) is 15.5. The van der Waals surface area contributed by atoms with Crippen LogP contribution in [-0.2, 0) is 11.0 Å². The molecule has 0 saturated heterocycles. The van der Waals surface area contributed by atoms with Crippen LogP contribution in [0.5, 0.6) is 0 Å². The van der Waals surface area contributed by atoms with Crippen molar-refractivity contribution in [2.24, 2.45) is 0 Å². The van der Waals surface area contributed by atoms with E-state index in [0.717, 1.165) is 17.0 Å². The highest BCUT2D eigenvalue weighted by Gasteiger charge is 2.36. The van der Waals surface area contributed by atoms with Crippen molar-refractivity contribution in [1.82, 2.24) is 4.90 Å². The average Bonchev–Trinajstić information content (AvgIpc) is 2.37. The number of carboxylic acids is 1. The summed E-state index contributed by atoms with van der Waals surface area (Å²) in [6.45, 7) is 1.54. The minimum atomic E-state index is -4.67. The summed E-state index contributed by atoms with van der Waals surface area (Å²) >= 11 is 0. The number of halogens is 3. The maximum atomic E-state index is 12.8. The molecule has 1 atom stereocenters. The second kappa shape index (κ2) is 5.94. The number of alkyl halides is 3. The normalized spacial score (nSPS) is 12.8. The van der Waals surface area contributed by atoms with E-state index in [9.17, 15) is 22.8 Å². The molecule has 0 heterocycles. The molecule has 4 nitrogen and oxygen atoms in total. The highest BCUT2D eigenvalue weighted by molar-refractivity contribution is 5.97. The average molecular weight is 289 g/mol. The number of hydrogen-bond donors (Lipinski definition) is 1.